The van der Waals surface area contributed by atoms with Gasteiger partial charge in [-0.2, -0.15) is 13.2 Å². The Balaban J connectivity index is 2.02. The predicted octanol–water partition coefficient (Wildman–Crippen LogP) is 2.97. The third-order valence-corrected chi connectivity index (χ3v) is 4.03. The second-order valence-corrected chi connectivity index (χ2v) is 5.94. The zero-order valence-corrected chi connectivity index (χ0v) is 14.1. The maximum absolute atomic E-state index is 12.8. The lowest BCUT2D eigenvalue weighted by Gasteiger charge is -2.22. The molecule has 1 aliphatic heterocycles. The molecular formula is C17H22F3N3O2. The molecule has 1 aliphatic rings. The van der Waals surface area contributed by atoms with Gasteiger partial charge < -0.3 is 15.1 Å². The number of nitrogens with zero attached hydrogens (tertiary/aromatic N) is 2. The second-order valence-electron chi connectivity index (χ2n) is 5.94. The van der Waals surface area contributed by atoms with Crippen molar-refractivity contribution < 1.29 is 22.8 Å². The van der Waals surface area contributed by atoms with Gasteiger partial charge in [0.2, 0.25) is 0 Å². The molecule has 3 amide bonds. The van der Waals surface area contributed by atoms with E-state index in [0.717, 1.165) is 18.6 Å². The molecular weight excluding hydrogens is 335 g/mol. The number of carbonyl (C=O) groups is 2. The lowest BCUT2D eigenvalue weighted by atomic mass is 10.1. The van der Waals surface area contributed by atoms with Gasteiger partial charge in [-0.15, -0.1) is 0 Å². The Kier molecular flexibility index (Phi) is 6.27. The van der Waals surface area contributed by atoms with E-state index in [0.29, 0.717) is 39.1 Å². The molecule has 8 heteroatoms. The molecule has 25 heavy (non-hydrogen) atoms. The van der Waals surface area contributed by atoms with Crippen molar-refractivity contribution in [2.24, 2.45) is 0 Å². The zero-order valence-electron chi connectivity index (χ0n) is 14.1. The first kappa shape index (κ1) is 19.1. The summed E-state index contributed by atoms with van der Waals surface area (Å²) < 4.78 is 38.4. The number of urea groups is 1. The molecule has 0 saturated carbocycles. The van der Waals surface area contributed by atoms with Crippen LogP contribution in [0.15, 0.2) is 24.3 Å². The first-order valence-electron chi connectivity index (χ1n) is 8.32. The highest BCUT2D eigenvalue weighted by Crippen LogP contribution is 2.29. The third kappa shape index (κ3) is 5.11. The van der Waals surface area contributed by atoms with Gasteiger partial charge >= 0.3 is 12.2 Å². The minimum absolute atomic E-state index is 0.0127. The molecule has 0 aliphatic carbocycles. The van der Waals surface area contributed by atoms with Gasteiger partial charge in [0.15, 0.2) is 0 Å². The summed E-state index contributed by atoms with van der Waals surface area (Å²) in [5.74, 6) is -0.443. The summed E-state index contributed by atoms with van der Waals surface area (Å²) in [6, 6.07) is 4.26. The van der Waals surface area contributed by atoms with Crippen molar-refractivity contribution in [2.75, 3.05) is 32.7 Å². The fraction of sp³-hybridized carbons (Fsp3) is 0.529. The quantitative estimate of drug-likeness (QED) is 0.904. The van der Waals surface area contributed by atoms with Crippen molar-refractivity contribution in [3.63, 3.8) is 0 Å². The molecule has 5 nitrogen and oxygen atoms in total. The van der Waals surface area contributed by atoms with E-state index < -0.39 is 17.6 Å². The van der Waals surface area contributed by atoms with Crippen LogP contribution in [-0.2, 0) is 6.18 Å². The van der Waals surface area contributed by atoms with E-state index in [2.05, 4.69) is 5.32 Å². The molecule has 1 saturated heterocycles. The number of benzene rings is 1. The van der Waals surface area contributed by atoms with Crippen LogP contribution in [0.25, 0.3) is 0 Å². The molecule has 1 N–H and O–H groups in total. The van der Waals surface area contributed by atoms with Crippen LogP contribution < -0.4 is 5.32 Å². The fourth-order valence-electron chi connectivity index (χ4n) is 2.68. The van der Waals surface area contributed by atoms with Gasteiger partial charge in [-0.3, -0.25) is 4.79 Å². The lowest BCUT2D eigenvalue weighted by molar-refractivity contribution is -0.137. The Morgan fingerprint density at radius 1 is 1.12 bits per heavy atom. The summed E-state index contributed by atoms with van der Waals surface area (Å²) in [5, 5.41) is 2.79. The van der Waals surface area contributed by atoms with Crippen LogP contribution in [-0.4, -0.2) is 54.5 Å². The van der Waals surface area contributed by atoms with Crippen LogP contribution in [0, 0.1) is 0 Å². The molecule has 1 aromatic rings. The lowest BCUT2D eigenvalue weighted by Crippen LogP contribution is -2.42. The van der Waals surface area contributed by atoms with Gasteiger partial charge in [0.25, 0.3) is 5.91 Å². The van der Waals surface area contributed by atoms with E-state index in [1.54, 1.807) is 4.90 Å². The minimum atomic E-state index is -4.48. The van der Waals surface area contributed by atoms with Gasteiger partial charge in [-0.1, -0.05) is 13.0 Å². The van der Waals surface area contributed by atoms with Crippen LogP contribution in [0.5, 0.6) is 0 Å². The largest absolute Gasteiger partial charge is 0.416 e. The number of hydrogen-bond donors (Lipinski definition) is 1. The van der Waals surface area contributed by atoms with Gasteiger partial charge in [0.05, 0.1) is 5.56 Å². The highest BCUT2D eigenvalue weighted by molar-refractivity contribution is 5.94. The van der Waals surface area contributed by atoms with Crippen LogP contribution in [0.2, 0.25) is 0 Å². The average Bonchev–Trinajstić information content (AvgIpc) is 2.84. The molecule has 0 aromatic heterocycles. The molecule has 0 unspecified atom stereocenters. The van der Waals surface area contributed by atoms with E-state index in [1.807, 2.05) is 6.92 Å². The fourth-order valence-corrected chi connectivity index (χ4v) is 2.68. The molecule has 0 atom stereocenters. The van der Waals surface area contributed by atoms with Crippen molar-refractivity contribution >= 4 is 11.9 Å². The Hall–Kier alpha value is -2.25. The van der Waals surface area contributed by atoms with E-state index >= 15 is 0 Å². The topological polar surface area (TPSA) is 52.7 Å². The number of rotatable bonds is 3. The van der Waals surface area contributed by atoms with Crippen molar-refractivity contribution in [1.29, 1.82) is 0 Å². The van der Waals surface area contributed by atoms with Crippen molar-refractivity contribution in [3.8, 4) is 0 Å². The molecule has 2 rings (SSSR count). The Labute approximate surface area is 144 Å². The summed E-state index contributed by atoms with van der Waals surface area (Å²) >= 11 is 0. The van der Waals surface area contributed by atoms with Crippen molar-refractivity contribution in [1.82, 2.24) is 15.1 Å². The number of amides is 3. The summed E-state index contributed by atoms with van der Waals surface area (Å²) in [6.45, 7) is 4.13. The smallest absolute Gasteiger partial charge is 0.338 e. The van der Waals surface area contributed by atoms with Crippen LogP contribution in [0.4, 0.5) is 18.0 Å². The highest BCUT2D eigenvalue weighted by Gasteiger charge is 2.31. The standard InChI is InChI=1S/C17H22F3N3O2/c1-2-7-21-16(25)23-9-4-8-22(10-11-23)15(24)13-5-3-6-14(12-13)17(18,19)20/h3,5-6,12H,2,4,7-11H2,1H3,(H,21,25). The molecule has 0 bridgehead atoms. The van der Waals surface area contributed by atoms with Crippen LogP contribution >= 0.6 is 0 Å². The molecule has 1 aromatic carbocycles. The van der Waals surface area contributed by atoms with Crippen LogP contribution in [0.1, 0.15) is 35.7 Å². The van der Waals surface area contributed by atoms with E-state index in [-0.39, 0.29) is 11.6 Å². The Morgan fingerprint density at radius 2 is 1.80 bits per heavy atom. The summed E-state index contributed by atoms with van der Waals surface area (Å²) in [6.07, 6.45) is -3.06. The molecule has 1 fully saturated rings. The van der Waals surface area contributed by atoms with E-state index in [1.165, 1.54) is 17.0 Å². The minimum Gasteiger partial charge on any atom is -0.338 e. The monoisotopic (exact) mass is 357 g/mol. The van der Waals surface area contributed by atoms with Gasteiger partial charge in [-0.05, 0) is 31.0 Å². The Morgan fingerprint density at radius 3 is 2.48 bits per heavy atom. The molecule has 0 radical (unpaired) electrons. The van der Waals surface area contributed by atoms with E-state index in [4.69, 9.17) is 0 Å². The third-order valence-electron chi connectivity index (χ3n) is 4.03. The summed E-state index contributed by atoms with van der Waals surface area (Å²) in [5.41, 5.74) is -0.826. The highest BCUT2D eigenvalue weighted by atomic mass is 19.4. The molecule has 138 valence electrons. The van der Waals surface area contributed by atoms with Gasteiger partial charge in [-0.25, -0.2) is 4.79 Å². The van der Waals surface area contributed by atoms with Gasteiger partial charge in [0.1, 0.15) is 0 Å². The maximum atomic E-state index is 12.8. The normalized spacial score (nSPS) is 15.7. The molecule has 1 heterocycles. The SMILES string of the molecule is CCCNC(=O)N1CCCN(C(=O)c2cccc(C(F)(F)F)c2)CC1. The second kappa shape index (κ2) is 8.22. The number of alkyl halides is 3. The van der Waals surface area contributed by atoms with E-state index in [9.17, 15) is 22.8 Å². The average molecular weight is 357 g/mol. The molecule has 0 spiro atoms. The summed E-state index contributed by atoms with van der Waals surface area (Å²) in [4.78, 5) is 27.7. The van der Waals surface area contributed by atoms with Crippen molar-refractivity contribution in [2.45, 2.75) is 25.9 Å². The number of nitrogens with one attached hydrogen (secondary N) is 1. The Bertz CT molecular complexity index is 619. The first-order valence-corrected chi connectivity index (χ1v) is 8.32. The zero-order chi connectivity index (χ0) is 18.4. The number of hydrogen-bond acceptors (Lipinski definition) is 2. The van der Waals surface area contributed by atoms with Crippen molar-refractivity contribution in [3.05, 3.63) is 35.4 Å². The predicted molar refractivity (Wildman–Crippen MR) is 87.2 cm³/mol. The van der Waals surface area contributed by atoms with Gasteiger partial charge in [0, 0.05) is 38.3 Å². The maximum Gasteiger partial charge on any atom is 0.416 e. The first-order chi connectivity index (χ1) is 11.8. The summed E-state index contributed by atoms with van der Waals surface area (Å²) in [7, 11) is 0. The number of carbonyl (C=O) groups excluding carboxylic acids is 2. The number of halogens is 3. The van der Waals surface area contributed by atoms with Crippen LogP contribution in [0.3, 0.4) is 0 Å².